The van der Waals surface area contributed by atoms with Gasteiger partial charge in [0.1, 0.15) is 5.76 Å². The molecule has 0 fully saturated rings. The molecule has 2 aromatic heterocycles. The van der Waals surface area contributed by atoms with Crippen LogP contribution in [0.2, 0.25) is 0 Å². The number of hydrogen-bond donors (Lipinski definition) is 1. The lowest BCUT2D eigenvalue weighted by molar-refractivity contribution is 0.491. The van der Waals surface area contributed by atoms with Crippen molar-refractivity contribution in [2.24, 2.45) is 0 Å². The summed E-state index contributed by atoms with van der Waals surface area (Å²) in [4.78, 5) is 4.71. The van der Waals surface area contributed by atoms with Crippen LogP contribution in [0.3, 0.4) is 0 Å². The number of aromatic nitrogens is 1. The maximum Gasteiger partial charge on any atom is 0.121 e. The van der Waals surface area contributed by atoms with E-state index in [2.05, 4.69) is 22.8 Å². The predicted molar refractivity (Wildman–Crippen MR) is 81.8 cm³/mol. The fourth-order valence-corrected chi connectivity index (χ4v) is 2.96. The van der Waals surface area contributed by atoms with Gasteiger partial charge in [-0.1, -0.05) is 30.3 Å². The molecule has 0 unspecified atom stereocenters. The zero-order chi connectivity index (χ0) is 13.8. The van der Waals surface area contributed by atoms with Crippen molar-refractivity contribution in [3.8, 4) is 11.3 Å². The first-order valence-electron chi connectivity index (χ1n) is 6.56. The van der Waals surface area contributed by atoms with Crippen molar-refractivity contribution in [1.82, 2.24) is 10.3 Å². The van der Waals surface area contributed by atoms with Gasteiger partial charge in [0.05, 0.1) is 23.5 Å². The molecular weight excluding hydrogens is 268 g/mol. The van der Waals surface area contributed by atoms with Gasteiger partial charge in [-0.15, -0.1) is 11.3 Å². The van der Waals surface area contributed by atoms with E-state index in [0.717, 1.165) is 35.0 Å². The molecule has 0 aliphatic carbocycles. The molecule has 3 rings (SSSR count). The Morgan fingerprint density at radius 3 is 2.85 bits per heavy atom. The standard InChI is InChI=1S/C16H16N2OS/c1-17-10-15-13(7-8-19-15)9-16-18-14(11-20-16)12-5-3-2-4-6-12/h2-8,11,17H,9-10H2,1H3. The van der Waals surface area contributed by atoms with Crippen LogP contribution in [0.4, 0.5) is 0 Å². The Labute approximate surface area is 122 Å². The summed E-state index contributed by atoms with van der Waals surface area (Å²) in [6.07, 6.45) is 2.57. The summed E-state index contributed by atoms with van der Waals surface area (Å²) in [5.41, 5.74) is 3.41. The highest BCUT2D eigenvalue weighted by molar-refractivity contribution is 7.10. The molecular formula is C16H16N2OS. The molecule has 1 aromatic carbocycles. The third kappa shape index (κ3) is 2.81. The highest BCUT2D eigenvalue weighted by Crippen LogP contribution is 2.24. The summed E-state index contributed by atoms with van der Waals surface area (Å²) in [5, 5.41) is 6.34. The van der Waals surface area contributed by atoms with Gasteiger partial charge in [0.2, 0.25) is 0 Å². The molecule has 0 saturated heterocycles. The first kappa shape index (κ1) is 13.1. The largest absolute Gasteiger partial charge is 0.468 e. The van der Waals surface area contributed by atoms with Crippen molar-refractivity contribution in [2.45, 2.75) is 13.0 Å². The summed E-state index contributed by atoms with van der Waals surface area (Å²) < 4.78 is 5.48. The molecule has 20 heavy (non-hydrogen) atoms. The van der Waals surface area contributed by atoms with Crippen molar-refractivity contribution in [2.75, 3.05) is 7.05 Å². The number of thiazole rings is 1. The van der Waals surface area contributed by atoms with E-state index in [1.165, 1.54) is 5.56 Å². The third-order valence-electron chi connectivity index (χ3n) is 3.14. The molecule has 0 spiro atoms. The molecule has 1 N–H and O–H groups in total. The van der Waals surface area contributed by atoms with Crippen molar-refractivity contribution in [1.29, 1.82) is 0 Å². The number of rotatable bonds is 5. The number of furan rings is 1. The number of benzene rings is 1. The van der Waals surface area contributed by atoms with Gasteiger partial charge >= 0.3 is 0 Å². The van der Waals surface area contributed by atoms with Crippen LogP contribution in [0.1, 0.15) is 16.3 Å². The van der Waals surface area contributed by atoms with Crippen LogP contribution in [0.5, 0.6) is 0 Å². The van der Waals surface area contributed by atoms with E-state index < -0.39 is 0 Å². The molecule has 0 aliphatic heterocycles. The summed E-state index contributed by atoms with van der Waals surface area (Å²) in [7, 11) is 1.92. The first-order chi connectivity index (χ1) is 9.86. The van der Waals surface area contributed by atoms with Crippen LogP contribution in [-0.4, -0.2) is 12.0 Å². The number of hydrogen-bond acceptors (Lipinski definition) is 4. The molecule has 0 amide bonds. The fourth-order valence-electron chi connectivity index (χ4n) is 2.14. The Balaban J connectivity index is 1.79. The molecule has 2 heterocycles. The van der Waals surface area contributed by atoms with Crippen LogP contribution in [0.15, 0.2) is 52.5 Å². The summed E-state index contributed by atoms with van der Waals surface area (Å²) >= 11 is 1.70. The monoisotopic (exact) mass is 284 g/mol. The molecule has 3 nitrogen and oxygen atoms in total. The van der Waals surface area contributed by atoms with Crippen molar-refractivity contribution < 1.29 is 4.42 Å². The highest BCUT2D eigenvalue weighted by Gasteiger charge is 2.10. The van der Waals surface area contributed by atoms with Crippen LogP contribution in [0.25, 0.3) is 11.3 Å². The zero-order valence-corrected chi connectivity index (χ0v) is 12.1. The van der Waals surface area contributed by atoms with Crippen molar-refractivity contribution in [3.63, 3.8) is 0 Å². The van der Waals surface area contributed by atoms with Gasteiger partial charge in [-0.05, 0) is 13.1 Å². The molecule has 4 heteroatoms. The van der Waals surface area contributed by atoms with Gasteiger partial charge in [-0.25, -0.2) is 4.98 Å². The summed E-state index contributed by atoms with van der Waals surface area (Å²) in [6.45, 7) is 0.749. The minimum Gasteiger partial charge on any atom is -0.468 e. The average Bonchev–Trinajstić information content (AvgIpc) is 3.11. The van der Waals surface area contributed by atoms with E-state index in [9.17, 15) is 0 Å². The minimum atomic E-state index is 0.749. The second-order valence-corrected chi connectivity index (χ2v) is 5.51. The second-order valence-electron chi connectivity index (χ2n) is 4.57. The Kier molecular flexibility index (Phi) is 3.95. The molecule has 0 atom stereocenters. The SMILES string of the molecule is CNCc1occc1Cc1nc(-c2ccccc2)cs1. The van der Waals surface area contributed by atoms with Crippen LogP contribution >= 0.6 is 11.3 Å². The molecule has 0 bridgehead atoms. The van der Waals surface area contributed by atoms with Gasteiger partial charge in [-0.3, -0.25) is 0 Å². The van der Waals surface area contributed by atoms with Crippen LogP contribution < -0.4 is 5.32 Å². The summed E-state index contributed by atoms with van der Waals surface area (Å²) in [6, 6.07) is 12.3. The van der Waals surface area contributed by atoms with Gasteiger partial charge in [0, 0.05) is 22.9 Å². The molecule has 0 aliphatic rings. The smallest absolute Gasteiger partial charge is 0.121 e. The normalized spacial score (nSPS) is 10.8. The Hall–Kier alpha value is -1.91. The fraction of sp³-hybridized carbons (Fsp3) is 0.188. The Bertz CT molecular complexity index is 673. The first-order valence-corrected chi connectivity index (χ1v) is 7.44. The molecule has 3 aromatic rings. The third-order valence-corrected chi connectivity index (χ3v) is 3.99. The van der Waals surface area contributed by atoms with Crippen molar-refractivity contribution >= 4 is 11.3 Å². The lowest BCUT2D eigenvalue weighted by Crippen LogP contribution is -2.06. The van der Waals surface area contributed by atoms with Crippen LogP contribution in [0, 0.1) is 0 Å². The molecule has 0 saturated carbocycles. The van der Waals surface area contributed by atoms with E-state index in [1.807, 2.05) is 31.3 Å². The second kappa shape index (κ2) is 6.03. The lowest BCUT2D eigenvalue weighted by Gasteiger charge is -1.99. The van der Waals surface area contributed by atoms with E-state index in [0.29, 0.717) is 0 Å². The van der Waals surface area contributed by atoms with E-state index in [1.54, 1.807) is 17.6 Å². The van der Waals surface area contributed by atoms with Gasteiger partial charge in [0.15, 0.2) is 0 Å². The molecule has 0 radical (unpaired) electrons. The van der Waals surface area contributed by atoms with E-state index in [4.69, 9.17) is 9.40 Å². The quantitative estimate of drug-likeness (QED) is 0.776. The maximum atomic E-state index is 5.48. The zero-order valence-electron chi connectivity index (χ0n) is 11.3. The predicted octanol–water partition coefficient (Wildman–Crippen LogP) is 3.71. The Morgan fingerprint density at radius 2 is 2.05 bits per heavy atom. The topological polar surface area (TPSA) is 38.1 Å². The Morgan fingerprint density at radius 1 is 1.20 bits per heavy atom. The number of nitrogens with zero attached hydrogens (tertiary/aromatic N) is 1. The van der Waals surface area contributed by atoms with Crippen molar-refractivity contribution in [3.05, 3.63) is 64.4 Å². The average molecular weight is 284 g/mol. The van der Waals surface area contributed by atoms with Crippen LogP contribution in [-0.2, 0) is 13.0 Å². The van der Waals surface area contributed by atoms with Gasteiger partial charge < -0.3 is 9.73 Å². The van der Waals surface area contributed by atoms with Gasteiger partial charge in [-0.2, -0.15) is 0 Å². The van der Waals surface area contributed by atoms with E-state index in [-0.39, 0.29) is 0 Å². The van der Waals surface area contributed by atoms with E-state index >= 15 is 0 Å². The maximum absolute atomic E-state index is 5.48. The highest BCUT2D eigenvalue weighted by atomic mass is 32.1. The number of nitrogens with one attached hydrogen (secondary N) is 1. The molecule has 102 valence electrons. The minimum absolute atomic E-state index is 0.749. The summed E-state index contributed by atoms with van der Waals surface area (Å²) in [5.74, 6) is 0.990. The van der Waals surface area contributed by atoms with Gasteiger partial charge in [0.25, 0.3) is 0 Å². The lowest BCUT2D eigenvalue weighted by atomic mass is 10.1.